The largest absolute Gasteiger partial charge is 0.336 e. The fourth-order valence-corrected chi connectivity index (χ4v) is 5.86. The molecule has 7 rings (SSSR count). The third-order valence-corrected chi connectivity index (χ3v) is 7.77. The monoisotopic (exact) mass is 477 g/mol. The Morgan fingerprint density at radius 1 is 1.11 bits per heavy atom. The zero-order valence-electron chi connectivity index (χ0n) is 19.5. The first-order valence-electron chi connectivity index (χ1n) is 12.2. The van der Waals surface area contributed by atoms with Gasteiger partial charge in [-0.15, -0.1) is 0 Å². The lowest BCUT2D eigenvalue weighted by molar-refractivity contribution is -0.136. The Balaban J connectivity index is 1.15. The molecule has 0 bridgehead atoms. The normalized spacial score (nSPS) is 22.2. The maximum Gasteiger partial charge on any atom is 0.275 e. The van der Waals surface area contributed by atoms with E-state index in [0.29, 0.717) is 48.3 Å². The summed E-state index contributed by atoms with van der Waals surface area (Å²) in [6, 6.07) is 16.8. The number of amides is 2. The number of nitrogens with one attached hydrogen (secondary N) is 1. The van der Waals surface area contributed by atoms with Crippen LogP contribution < -0.4 is 0 Å². The number of likely N-dealkylation sites (tertiary alicyclic amines) is 1. The Hall–Kier alpha value is -4.45. The Morgan fingerprint density at radius 3 is 2.81 bits per heavy atom. The predicted octanol–water partition coefficient (Wildman–Crippen LogP) is 2.81. The SMILES string of the molecule is N#Cc1ccc2[nH]nc(C(=O)N3[C@H](C(=O)N4CCc5c(cnn5-c5ccccc5)C4)C[C@H]4C[C@@H]43)c2c1. The summed E-state index contributed by atoms with van der Waals surface area (Å²) in [6.45, 7) is 1.08. The van der Waals surface area contributed by atoms with E-state index in [1.165, 1.54) is 0 Å². The van der Waals surface area contributed by atoms with E-state index in [1.807, 2.05) is 46.1 Å². The molecule has 36 heavy (non-hydrogen) atoms. The summed E-state index contributed by atoms with van der Waals surface area (Å²) in [4.78, 5) is 31.0. The molecule has 4 aromatic rings. The van der Waals surface area contributed by atoms with E-state index in [1.54, 1.807) is 23.1 Å². The molecule has 0 radical (unpaired) electrons. The zero-order chi connectivity index (χ0) is 24.4. The first kappa shape index (κ1) is 20.9. The van der Waals surface area contributed by atoms with Crippen molar-refractivity contribution in [3.8, 4) is 11.8 Å². The maximum absolute atomic E-state index is 13.7. The highest BCUT2D eigenvalue weighted by Gasteiger charge is 2.57. The highest BCUT2D eigenvalue weighted by molar-refractivity contribution is 6.06. The average molecular weight is 478 g/mol. The molecule has 4 heterocycles. The second-order valence-electron chi connectivity index (χ2n) is 9.85. The maximum atomic E-state index is 13.7. The molecular formula is C27H23N7O2. The summed E-state index contributed by atoms with van der Waals surface area (Å²) in [5.41, 5.74) is 4.63. The Labute approximate surface area is 206 Å². The molecule has 2 aromatic carbocycles. The molecule has 3 atom stereocenters. The fourth-order valence-electron chi connectivity index (χ4n) is 5.86. The van der Waals surface area contributed by atoms with Crippen LogP contribution in [0.2, 0.25) is 0 Å². The van der Waals surface area contributed by atoms with Gasteiger partial charge in [-0.25, -0.2) is 4.68 Å². The Bertz CT molecular complexity index is 1560. The first-order valence-corrected chi connectivity index (χ1v) is 12.2. The quantitative estimate of drug-likeness (QED) is 0.488. The molecule has 1 N–H and O–H groups in total. The van der Waals surface area contributed by atoms with E-state index in [9.17, 15) is 14.9 Å². The van der Waals surface area contributed by atoms with Crippen molar-refractivity contribution < 1.29 is 9.59 Å². The van der Waals surface area contributed by atoms with E-state index < -0.39 is 6.04 Å². The van der Waals surface area contributed by atoms with Crippen LogP contribution >= 0.6 is 0 Å². The van der Waals surface area contributed by atoms with Crippen LogP contribution in [0.25, 0.3) is 16.6 Å². The van der Waals surface area contributed by atoms with E-state index in [0.717, 1.165) is 23.4 Å². The number of nitrogens with zero attached hydrogens (tertiary/aromatic N) is 6. The summed E-state index contributed by atoms with van der Waals surface area (Å²) in [5.74, 6) is 0.115. The number of fused-ring (bicyclic) bond motifs is 3. The molecular weight excluding hydrogens is 454 g/mol. The molecule has 9 nitrogen and oxygen atoms in total. The Morgan fingerprint density at radius 2 is 1.97 bits per heavy atom. The smallest absolute Gasteiger partial charge is 0.275 e. The third-order valence-electron chi connectivity index (χ3n) is 7.77. The Kier molecular flexibility index (Phi) is 4.51. The molecule has 1 aliphatic carbocycles. The molecule has 178 valence electrons. The first-order chi connectivity index (χ1) is 17.6. The number of piperidine rings is 1. The van der Waals surface area contributed by atoms with Crippen LogP contribution in [0.4, 0.5) is 0 Å². The summed E-state index contributed by atoms with van der Waals surface area (Å²) < 4.78 is 1.95. The molecule has 0 spiro atoms. The van der Waals surface area contributed by atoms with E-state index in [2.05, 4.69) is 21.4 Å². The minimum Gasteiger partial charge on any atom is -0.336 e. The molecule has 2 amide bonds. The second-order valence-corrected chi connectivity index (χ2v) is 9.85. The van der Waals surface area contributed by atoms with E-state index in [-0.39, 0.29) is 23.6 Å². The number of H-pyrrole nitrogens is 1. The van der Waals surface area contributed by atoms with Crippen molar-refractivity contribution >= 4 is 22.7 Å². The zero-order valence-corrected chi connectivity index (χ0v) is 19.5. The number of para-hydroxylation sites is 1. The van der Waals surface area contributed by atoms with Crippen molar-refractivity contribution in [3.05, 3.63) is 77.2 Å². The van der Waals surface area contributed by atoms with Crippen LogP contribution in [0.5, 0.6) is 0 Å². The number of rotatable bonds is 3. The molecule has 3 aliphatic rings. The average Bonchev–Trinajstić information content (AvgIpc) is 3.25. The molecule has 2 aromatic heterocycles. The number of carbonyl (C=O) groups is 2. The predicted molar refractivity (Wildman–Crippen MR) is 130 cm³/mol. The highest BCUT2D eigenvalue weighted by Crippen LogP contribution is 2.49. The van der Waals surface area contributed by atoms with Gasteiger partial charge in [-0.2, -0.15) is 15.5 Å². The number of aromatic amines is 1. The van der Waals surface area contributed by atoms with Crippen molar-refractivity contribution in [2.24, 2.45) is 5.92 Å². The summed E-state index contributed by atoms with van der Waals surface area (Å²) in [5, 5.41) is 21.7. The van der Waals surface area contributed by atoms with Crippen LogP contribution in [0.1, 0.15) is 40.2 Å². The lowest BCUT2D eigenvalue weighted by Gasteiger charge is -2.34. The van der Waals surface area contributed by atoms with Gasteiger partial charge in [0.1, 0.15) is 6.04 Å². The topological polar surface area (TPSA) is 111 Å². The number of hydrogen-bond acceptors (Lipinski definition) is 5. The third kappa shape index (κ3) is 3.14. The summed E-state index contributed by atoms with van der Waals surface area (Å²) >= 11 is 0. The van der Waals surface area contributed by atoms with Crippen LogP contribution in [0, 0.1) is 17.2 Å². The number of carbonyl (C=O) groups excluding carboxylic acids is 2. The van der Waals surface area contributed by atoms with Crippen LogP contribution in [-0.2, 0) is 17.8 Å². The van der Waals surface area contributed by atoms with Crippen LogP contribution in [0.3, 0.4) is 0 Å². The van der Waals surface area contributed by atoms with Gasteiger partial charge < -0.3 is 9.80 Å². The van der Waals surface area contributed by atoms with Gasteiger partial charge in [0.15, 0.2) is 5.69 Å². The van der Waals surface area contributed by atoms with Gasteiger partial charge in [0.2, 0.25) is 5.91 Å². The summed E-state index contributed by atoms with van der Waals surface area (Å²) in [7, 11) is 0. The highest BCUT2D eigenvalue weighted by atomic mass is 16.2. The van der Waals surface area contributed by atoms with Gasteiger partial charge in [-0.05, 0) is 49.1 Å². The van der Waals surface area contributed by atoms with Crippen molar-refractivity contribution in [2.75, 3.05) is 6.54 Å². The fraction of sp³-hybridized carbons (Fsp3) is 0.296. The number of benzene rings is 2. The van der Waals surface area contributed by atoms with Gasteiger partial charge in [-0.1, -0.05) is 18.2 Å². The lowest BCUT2D eigenvalue weighted by Crippen LogP contribution is -2.50. The summed E-state index contributed by atoms with van der Waals surface area (Å²) in [6.07, 6.45) is 4.17. The number of aromatic nitrogens is 4. The standard InChI is InChI=1S/C27H23N7O2/c28-13-16-6-7-21-20(10-16)25(31-30-21)27(36)33-23-11-17(23)12-24(33)26(35)32-9-8-22-18(15-32)14-29-34(22)19-4-2-1-3-5-19/h1-7,10,14,17,23-24H,8-9,11-12,15H2,(H,30,31)/t17-,23+,24+/m1/s1. The minimum atomic E-state index is -0.488. The molecule has 2 fully saturated rings. The number of nitriles is 1. The van der Waals surface area contributed by atoms with Crippen molar-refractivity contribution in [2.45, 2.75) is 37.9 Å². The van der Waals surface area contributed by atoms with Crippen molar-refractivity contribution in [3.63, 3.8) is 0 Å². The molecule has 0 unspecified atom stereocenters. The van der Waals surface area contributed by atoms with Gasteiger partial charge >= 0.3 is 0 Å². The lowest BCUT2D eigenvalue weighted by atomic mass is 10.0. The second kappa shape index (κ2) is 7.78. The molecule has 9 heteroatoms. The molecule has 1 saturated heterocycles. The van der Waals surface area contributed by atoms with Crippen LogP contribution in [0.15, 0.2) is 54.7 Å². The number of hydrogen-bond donors (Lipinski definition) is 1. The minimum absolute atomic E-state index is 0.00813. The molecule has 2 aliphatic heterocycles. The van der Waals surface area contributed by atoms with Gasteiger partial charge in [0.25, 0.3) is 5.91 Å². The van der Waals surface area contributed by atoms with Gasteiger partial charge in [0, 0.05) is 36.5 Å². The van der Waals surface area contributed by atoms with Crippen molar-refractivity contribution in [1.82, 2.24) is 29.8 Å². The van der Waals surface area contributed by atoms with Gasteiger partial charge in [-0.3, -0.25) is 14.7 Å². The van der Waals surface area contributed by atoms with Crippen molar-refractivity contribution in [1.29, 1.82) is 5.26 Å². The van der Waals surface area contributed by atoms with E-state index >= 15 is 0 Å². The van der Waals surface area contributed by atoms with E-state index in [4.69, 9.17) is 0 Å². The van der Waals surface area contributed by atoms with Gasteiger partial charge in [0.05, 0.1) is 34.7 Å². The van der Waals surface area contributed by atoms with Crippen LogP contribution in [-0.4, -0.2) is 60.2 Å². The molecule has 1 saturated carbocycles.